The Kier molecular flexibility index (Phi) is 4.80. The predicted octanol–water partition coefficient (Wildman–Crippen LogP) is 2.24. The lowest BCUT2D eigenvalue weighted by atomic mass is 10.1. The Morgan fingerprint density at radius 1 is 1.20 bits per heavy atom. The second-order valence-electron chi connectivity index (χ2n) is 5.63. The first-order chi connectivity index (χ1) is 11.9. The molecule has 0 spiro atoms. The minimum atomic E-state index is -1.64. The molecule has 0 saturated carbocycles. The van der Waals surface area contributed by atoms with Gasteiger partial charge in [0.15, 0.2) is 5.82 Å². The molecule has 0 aliphatic carbocycles. The van der Waals surface area contributed by atoms with E-state index in [-0.39, 0.29) is 10.9 Å². The highest BCUT2D eigenvalue weighted by atomic mass is 35.5. The van der Waals surface area contributed by atoms with Gasteiger partial charge < -0.3 is 10.6 Å². The number of anilines is 1. The van der Waals surface area contributed by atoms with Crippen molar-refractivity contribution in [3.8, 4) is 0 Å². The van der Waals surface area contributed by atoms with Crippen LogP contribution in [-0.2, 0) is 10.8 Å². The molecule has 0 bridgehead atoms. The average molecular weight is 376 g/mol. The molecular weight excluding hydrogens is 358 g/mol. The van der Waals surface area contributed by atoms with Gasteiger partial charge in [0.05, 0.1) is 5.69 Å². The first kappa shape index (κ1) is 17.5. The SMILES string of the molecule is CN(C)C1=N/C(=C(/N)S(=O)c2cccc(Cl)c2)N(N)c2ccccc21. The lowest BCUT2D eigenvalue weighted by Gasteiger charge is -2.30. The van der Waals surface area contributed by atoms with Crippen molar-refractivity contribution >= 4 is 33.9 Å². The van der Waals surface area contributed by atoms with Crippen LogP contribution < -0.4 is 16.6 Å². The van der Waals surface area contributed by atoms with E-state index in [2.05, 4.69) is 4.99 Å². The van der Waals surface area contributed by atoms with E-state index < -0.39 is 10.8 Å². The van der Waals surface area contributed by atoms with Crippen molar-refractivity contribution in [2.45, 2.75) is 4.90 Å². The number of fused-ring (bicyclic) bond motifs is 1. The Morgan fingerprint density at radius 3 is 2.60 bits per heavy atom. The van der Waals surface area contributed by atoms with Gasteiger partial charge in [0.2, 0.25) is 0 Å². The quantitative estimate of drug-likeness (QED) is 0.786. The van der Waals surface area contributed by atoms with Gasteiger partial charge in [0.1, 0.15) is 21.7 Å². The van der Waals surface area contributed by atoms with Gasteiger partial charge in [-0.2, -0.15) is 0 Å². The van der Waals surface area contributed by atoms with Gasteiger partial charge in [0.25, 0.3) is 0 Å². The summed E-state index contributed by atoms with van der Waals surface area (Å²) >= 11 is 5.98. The molecule has 25 heavy (non-hydrogen) atoms. The molecule has 0 radical (unpaired) electrons. The molecular formula is C17H18ClN5OS. The van der Waals surface area contributed by atoms with Crippen LogP contribution >= 0.6 is 11.6 Å². The zero-order valence-electron chi connectivity index (χ0n) is 13.8. The molecule has 0 aromatic heterocycles. The summed E-state index contributed by atoms with van der Waals surface area (Å²) in [7, 11) is 2.12. The lowest BCUT2D eigenvalue weighted by molar-refractivity contribution is 0.618. The highest BCUT2D eigenvalue weighted by Gasteiger charge is 2.26. The van der Waals surface area contributed by atoms with Crippen LogP contribution in [0.15, 0.2) is 69.3 Å². The van der Waals surface area contributed by atoms with Gasteiger partial charge in [-0.05, 0) is 30.3 Å². The van der Waals surface area contributed by atoms with Crippen LogP contribution in [0, 0.1) is 0 Å². The number of nitrogens with zero attached hydrogens (tertiary/aromatic N) is 3. The van der Waals surface area contributed by atoms with E-state index in [4.69, 9.17) is 23.2 Å². The summed E-state index contributed by atoms with van der Waals surface area (Å²) in [4.78, 5) is 6.90. The molecule has 0 fully saturated rings. The molecule has 1 atom stereocenters. The summed E-state index contributed by atoms with van der Waals surface area (Å²) < 4.78 is 12.8. The summed E-state index contributed by atoms with van der Waals surface area (Å²) in [6.45, 7) is 0. The monoisotopic (exact) mass is 375 g/mol. The zero-order chi connectivity index (χ0) is 18.1. The van der Waals surface area contributed by atoms with Gasteiger partial charge in [-0.25, -0.2) is 15.0 Å². The van der Waals surface area contributed by atoms with Gasteiger partial charge in [0, 0.05) is 29.6 Å². The van der Waals surface area contributed by atoms with Crippen molar-refractivity contribution in [3.63, 3.8) is 0 Å². The molecule has 2 aromatic carbocycles. The molecule has 8 heteroatoms. The molecule has 130 valence electrons. The number of para-hydroxylation sites is 1. The number of benzene rings is 2. The third-order valence-electron chi connectivity index (χ3n) is 3.70. The fraction of sp³-hybridized carbons (Fsp3) is 0.118. The first-order valence-electron chi connectivity index (χ1n) is 7.47. The highest BCUT2D eigenvalue weighted by Crippen LogP contribution is 2.30. The Hall–Kier alpha value is -2.35. The van der Waals surface area contributed by atoms with Crippen molar-refractivity contribution in [3.05, 3.63) is 70.0 Å². The third-order valence-corrected chi connectivity index (χ3v) is 5.20. The van der Waals surface area contributed by atoms with E-state index in [0.29, 0.717) is 15.8 Å². The van der Waals surface area contributed by atoms with Crippen LogP contribution in [0.2, 0.25) is 5.02 Å². The number of rotatable bonds is 2. The van der Waals surface area contributed by atoms with Gasteiger partial charge in [-0.1, -0.05) is 29.8 Å². The molecule has 1 unspecified atom stereocenters. The fourth-order valence-electron chi connectivity index (χ4n) is 2.51. The van der Waals surface area contributed by atoms with E-state index >= 15 is 0 Å². The van der Waals surface area contributed by atoms with E-state index in [1.54, 1.807) is 24.3 Å². The number of amidine groups is 1. The molecule has 3 rings (SSSR count). The van der Waals surface area contributed by atoms with E-state index in [0.717, 1.165) is 11.3 Å². The highest BCUT2D eigenvalue weighted by molar-refractivity contribution is 7.89. The molecule has 1 aliphatic rings. The molecule has 2 aromatic rings. The molecule has 4 N–H and O–H groups in total. The minimum Gasteiger partial charge on any atom is -0.388 e. The van der Waals surface area contributed by atoms with Crippen LogP contribution in [0.1, 0.15) is 5.56 Å². The second kappa shape index (κ2) is 6.87. The first-order valence-corrected chi connectivity index (χ1v) is 9.00. The van der Waals surface area contributed by atoms with Crippen molar-refractivity contribution in [2.75, 3.05) is 19.1 Å². The maximum Gasteiger partial charge on any atom is 0.182 e. The van der Waals surface area contributed by atoms with Gasteiger partial charge in [-0.3, -0.25) is 5.01 Å². The van der Waals surface area contributed by atoms with Crippen LogP contribution in [0.25, 0.3) is 0 Å². The largest absolute Gasteiger partial charge is 0.388 e. The summed E-state index contributed by atoms with van der Waals surface area (Å²) in [5, 5.41) is 1.92. The zero-order valence-corrected chi connectivity index (χ0v) is 15.4. The van der Waals surface area contributed by atoms with Crippen LogP contribution in [0.5, 0.6) is 0 Å². The minimum absolute atomic E-state index is 0.0682. The number of aliphatic imine (C=N–C) groups is 1. The van der Waals surface area contributed by atoms with Crippen molar-refractivity contribution in [1.82, 2.24) is 4.90 Å². The summed E-state index contributed by atoms with van der Waals surface area (Å²) in [6, 6.07) is 14.3. The molecule has 0 amide bonds. The Morgan fingerprint density at radius 2 is 1.92 bits per heavy atom. The predicted molar refractivity (Wildman–Crippen MR) is 102 cm³/mol. The number of halogens is 1. The fourth-order valence-corrected chi connectivity index (χ4v) is 3.76. The number of nitrogens with two attached hydrogens (primary N) is 2. The second-order valence-corrected chi connectivity index (χ2v) is 7.52. The summed E-state index contributed by atoms with van der Waals surface area (Å²) in [5.41, 5.74) is 7.79. The van der Waals surface area contributed by atoms with E-state index in [1.807, 2.05) is 43.3 Å². The Labute approximate surface area is 153 Å². The Bertz CT molecular complexity index is 909. The van der Waals surface area contributed by atoms with Crippen LogP contribution in [0.4, 0.5) is 5.69 Å². The van der Waals surface area contributed by atoms with Gasteiger partial charge >= 0.3 is 0 Å². The lowest BCUT2D eigenvalue weighted by Crippen LogP contribution is -2.39. The van der Waals surface area contributed by atoms with E-state index in [1.165, 1.54) is 5.01 Å². The standard InChI is InChI=1S/C17H18ClN5OS/c1-22(2)16-13-8-3-4-9-14(13)23(20)17(21-16)15(19)25(24)12-7-5-6-11(18)10-12/h3-10H,19-20H2,1-2H3/b17-15+. The van der Waals surface area contributed by atoms with Crippen LogP contribution in [0.3, 0.4) is 0 Å². The van der Waals surface area contributed by atoms with Crippen LogP contribution in [-0.4, -0.2) is 29.0 Å². The molecule has 1 aliphatic heterocycles. The number of hydrogen-bond donors (Lipinski definition) is 2. The topological polar surface area (TPSA) is 88.0 Å². The number of hydrazine groups is 1. The maximum absolute atomic E-state index is 12.8. The normalized spacial score (nSPS) is 16.8. The van der Waals surface area contributed by atoms with Crippen molar-refractivity contribution in [1.29, 1.82) is 0 Å². The molecule has 1 heterocycles. The van der Waals surface area contributed by atoms with Crippen molar-refractivity contribution in [2.24, 2.45) is 16.6 Å². The summed E-state index contributed by atoms with van der Waals surface area (Å²) in [6.07, 6.45) is 0. The molecule has 0 saturated heterocycles. The van der Waals surface area contributed by atoms with E-state index in [9.17, 15) is 4.21 Å². The smallest absolute Gasteiger partial charge is 0.182 e. The third kappa shape index (κ3) is 3.26. The molecule has 6 nitrogen and oxygen atoms in total. The average Bonchev–Trinajstić information content (AvgIpc) is 2.61. The summed E-state index contributed by atoms with van der Waals surface area (Å²) in [5.74, 6) is 7.15. The Balaban J connectivity index is 2.13. The maximum atomic E-state index is 12.8. The number of hydrogen-bond acceptors (Lipinski definition) is 6. The van der Waals surface area contributed by atoms with Crippen molar-refractivity contribution < 1.29 is 4.21 Å². The van der Waals surface area contributed by atoms with Gasteiger partial charge in [-0.15, -0.1) is 0 Å².